The lowest BCUT2D eigenvalue weighted by molar-refractivity contribution is -0.126. The molecule has 0 saturated heterocycles. The van der Waals surface area contributed by atoms with Crippen molar-refractivity contribution in [2.45, 2.75) is 6.92 Å². The molecule has 14 heavy (non-hydrogen) atoms. The van der Waals surface area contributed by atoms with E-state index in [1.54, 1.807) is 26.5 Å². The molecule has 0 radical (unpaired) electrons. The standard InChI is InChI=1S/C9H14N4O/c1-7-4-10-5-8(12-7)11-6-9(14)13(2)3/h4-5H,6H2,1-3H3,(H,11,12). The Morgan fingerprint density at radius 1 is 1.50 bits per heavy atom. The molecule has 0 atom stereocenters. The molecule has 1 heterocycles. The Labute approximate surface area is 83.2 Å². The van der Waals surface area contributed by atoms with Gasteiger partial charge in [0.1, 0.15) is 5.82 Å². The Morgan fingerprint density at radius 2 is 2.21 bits per heavy atom. The number of likely N-dealkylation sites (N-methyl/N-ethyl adjacent to an activating group) is 1. The summed E-state index contributed by atoms with van der Waals surface area (Å²) in [6.45, 7) is 2.09. The minimum atomic E-state index is 0.00769. The second kappa shape index (κ2) is 4.55. The van der Waals surface area contributed by atoms with E-state index >= 15 is 0 Å². The van der Waals surface area contributed by atoms with Crippen LogP contribution in [-0.4, -0.2) is 41.4 Å². The summed E-state index contributed by atoms with van der Waals surface area (Å²) >= 11 is 0. The Kier molecular flexibility index (Phi) is 3.39. The number of carbonyl (C=O) groups is 1. The molecule has 0 aliphatic heterocycles. The average molecular weight is 194 g/mol. The van der Waals surface area contributed by atoms with Crippen LogP contribution in [0.2, 0.25) is 0 Å². The number of rotatable bonds is 3. The van der Waals surface area contributed by atoms with Gasteiger partial charge in [-0.15, -0.1) is 0 Å². The lowest BCUT2D eigenvalue weighted by Gasteiger charge is -2.10. The highest BCUT2D eigenvalue weighted by Gasteiger charge is 2.03. The van der Waals surface area contributed by atoms with Crippen molar-refractivity contribution >= 4 is 11.7 Å². The average Bonchev–Trinajstić information content (AvgIpc) is 2.14. The number of amides is 1. The second-order valence-electron chi connectivity index (χ2n) is 3.19. The highest BCUT2D eigenvalue weighted by Crippen LogP contribution is 1.99. The molecule has 1 rings (SSSR count). The lowest BCUT2D eigenvalue weighted by atomic mass is 10.5. The summed E-state index contributed by atoms with van der Waals surface area (Å²) in [7, 11) is 3.43. The molecular formula is C9H14N4O. The summed E-state index contributed by atoms with van der Waals surface area (Å²) in [6, 6.07) is 0. The van der Waals surface area contributed by atoms with Crippen LogP contribution in [0.4, 0.5) is 5.82 Å². The highest BCUT2D eigenvalue weighted by atomic mass is 16.2. The zero-order valence-electron chi connectivity index (χ0n) is 8.61. The maximum Gasteiger partial charge on any atom is 0.241 e. The fourth-order valence-electron chi connectivity index (χ4n) is 0.873. The highest BCUT2D eigenvalue weighted by molar-refractivity contribution is 5.79. The van der Waals surface area contributed by atoms with Crippen LogP contribution in [0.15, 0.2) is 12.4 Å². The van der Waals surface area contributed by atoms with Gasteiger partial charge in [0.05, 0.1) is 18.4 Å². The van der Waals surface area contributed by atoms with E-state index in [0.29, 0.717) is 5.82 Å². The predicted molar refractivity (Wildman–Crippen MR) is 54.0 cm³/mol. The molecule has 1 aromatic heterocycles. The first-order chi connectivity index (χ1) is 6.59. The molecule has 5 heteroatoms. The lowest BCUT2D eigenvalue weighted by Crippen LogP contribution is -2.28. The van der Waals surface area contributed by atoms with Gasteiger partial charge in [0, 0.05) is 20.3 Å². The largest absolute Gasteiger partial charge is 0.360 e. The van der Waals surface area contributed by atoms with Gasteiger partial charge in [-0.25, -0.2) is 4.98 Å². The van der Waals surface area contributed by atoms with Gasteiger partial charge in [-0.1, -0.05) is 0 Å². The van der Waals surface area contributed by atoms with Crippen LogP contribution in [-0.2, 0) is 4.79 Å². The zero-order valence-corrected chi connectivity index (χ0v) is 8.61. The van der Waals surface area contributed by atoms with Crippen molar-refractivity contribution < 1.29 is 4.79 Å². The predicted octanol–water partition coefficient (Wildman–Crippen LogP) is 0.285. The van der Waals surface area contributed by atoms with E-state index in [1.165, 1.54) is 4.90 Å². The molecule has 0 aliphatic rings. The summed E-state index contributed by atoms with van der Waals surface area (Å²) in [5.74, 6) is 0.633. The number of carbonyl (C=O) groups excluding carboxylic acids is 1. The number of hydrogen-bond donors (Lipinski definition) is 1. The Morgan fingerprint density at radius 3 is 2.79 bits per heavy atom. The third-order valence-corrected chi connectivity index (χ3v) is 1.67. The Bertz CT molecular complexity index is 324. The minimum Gasteiger partial charge on any atom is -0.360 e. The topological polar surface area (TPSA) is 58.1 Å². The molecule has 0 fully saturated rings. The second-order valence-corrected chi connectivity index (χ2v) is 3.19. The number of aryl methyl sites for hydroxylation is 1. The van der Waals surface area contributed by atoms with E-state index in [2.05, 4.69) is 15.3 Å². The minimum absolute atomic E-state index is 0.00769. The number of anilines is 1. The van der Waals surface area contributed by atoms with Crippen molar-refractivity contribution in [2.75, 3.05) is 26.0 Å². The maximum atomic E-state index is 11.2. The molecule has 1 aromatic rings. The molecule has 0 aliphatic carbocycles. The normalized spacial score (nSPS) is 9.64. The maximum absolute atomic E-state index is 11.2. The molecule has 0 spiro atoms. The molecule has 0 aromatic carbocycles. The van der Waals surface area contributed by atoms with E-state index in [0.717, 1.165) is 5.69 Å². The van der Waals surface area contributed by atoms with Crippen LogP contribution in [0, 0.1) is 6.92 Å². The molecule has 0 saturated carbocycles. The Hall–Kier alpha value is -1.65. The van der Waals surface area contributed by atoms with Crippen LogP contribution >= 0.6 is 0 Å². The van der Waals surface area contributed by atoms with Crippen molar-refractivity contribution in [3.63, 3.8) is 0 Å². The first kappa shape index (κ1) is 10.4. The van der Waals surface area contributed by atoms with E-state index in [1.807, 2.05) is 6.92 Å². The summed E-state index contributed by atoms with van der Waals surface area (Å²) < 4.78 is 0. The van der Waals surface area contributed by atoms with Gasteiger partial charge in [0.25, 0.3) is 0 Å². The van der Waals surface area contributed by atoms with Gasteiger partial charge in [0.2, 0.25) is 5.91 Å². The molecule has 1 N–H and O–H groups in total. The number of aromatic nitrogens is 2. The fraction of sp³-hybridized carbons (Fsp3) is 0.444. The van der Waals surface area contributed by atoms with Crippen molar-refractivity contribution in [3.8, 4) is 0 Å². The molecule has 76 valence electrons. The van der Waals surface area contributed by atoms with E-state index in [4.69, 9.17) is 0 Å². The monoisotopic (exact) mass is 194 g/mol. The summed E-state index contributed by atoms with van der Waals surface area (Å²) in [5.41, 5.74) is 0.826. The molecule has 0 unspecified atom stereocenters. The Balaban J connectivity index is 2.50. The third-order valence-electron chi connectivity index (χ3n) is 1.67. The van der Waals surface area contributed by atoms with Gasteiger partial charge in [-0.2, -0.15) is 0 Å². The van der Waals surface area contributed by atoms with Crippen molar-refractivity contribution in [1.82, 2.24) is 14.9 Å². The van der Waals surface area contributed by atoms with E-state index in [9.17, 15) is 4.79 Å². The van der Waals surface area contributed by atoms with Gasteiger partial charge in [-0.05, 0) is 6.92 Å². The number of nitrogens with zero attached hydrogens (tertiary/aromatic N) is 3. The van der Waals surface area contributed by atoms with Gasteiger partial charge >= 0.3 is 0 Å². The molecule has 0 bridgehead atoms. The van der Waals surface area contributed by atoms with Crippen LogP contribution in [0.5, 0.6) is 0 Å². The first-order valence-electron chi connectivity index (χ1n) is 4.32. The fourth-order valence-corrected chi connectivity index (χ4v) is 0.873. The van der Waals surface area contributed by atoms with Crippen molar-refractivity contribution in [1.29, 1.82) is 0 Å². The first-order valence-corrected chi connectivity index (χ1v) is 4.32. The number of nitrogens with one attached hydrogen (secondary N) is 1. The summed E-state index contributed by atoms with van der Waals surface area (Å²) in [6.07, 6.45) is 3.26. The zero-order chi connectivity index (χ0) is 10.6. The number of hydrogen-bond acceptors (Lipinski definition) is 4. The quantitative estimate of drug-likeness (QED) is 0.751. The SMILES string of the molecule is Cc1cncc(NCC(=O)N(C)C)n1. The molecule has 1 amide bonds. The van der Waals surface area contributed by atoms with Gasteiger partial charge in [0.15, 0.2) is 0 Å². The van der Waals surface area contributed by atoms with Gasteiger partial charge < -0.3 is 10.2 Å². The summed E-state index contributed by atoms with van der Waals surface area (Å²) in [4.78, 5) is 20.9. The molecule has 5 nitrogen and oxygen atoms in total. The van der Waals surface area contributed by atoms with E-state index in [-0.39, 0.29) is 12.5 Å². The van der Waals surface area contributed by atoms with Crippen LogP contribution < -0.4 is 5.32 Å². The van der Waals surface area contributed by atoms with Crippen LogP contribution in [0.1, 0.15) is 5.69 Å². The van der Waals surface area contributed by atoms with Gasteiger partial charge in [-0.3, -0.25) is 9.78 Å². The third kappa shape index (κ3) is 3.01. The smallest absolute Gasteiger partial charge is 0.241 e. The van der Waals surface area contributed by atoms with Crippen molar-refractivity contribution in [2.24, 2.45) is 0 Å². The van der Waals surface area contributed by atoms with Crippen LogP contribution in [0.25, 0.3) is 0 Å². The molecular weight excluding hydrogens is 180 g/mol. The summed E-state index contributed by atoms with van der Waals surface area (Å²) in [5, 5.41) is 2.90. The van der Waals surface area contributed by atoms with Crippen LogP contribution in [0.3, 0.4) is 0 Å². The van der Waals surface area contributed by atoms with E-state index < -0.39 is 0 Å². The van der Waals surface area contributed by atoms with Crippen molar-refractivity contribution in [3.05, 3.63) is 18.1 Å².